The Hall–Kier alpha value is -5.11. The summed E-state index contributed by atoms with van der Waals surface area (Å²) in [6.45, 7) is 3.41. The molecule has 0 radical (unpaired) electrons. The van der Waals surface area contributed by atoms with Gasteiger partial charge in [-0.3, -0.25) is 14.7 Å². The minimum atomic E-state index is -0.674. The number of rotatable bonds is 6. The summed E-state index contributed by atoms with van der Waals surface area (Å²) < 4.78 is 23.3. The third-order valence-electron chi connectivity index (χ3n) is 10.5. The van der Waals surface area contributed by atoms with E-state index in [1.807, 2.05) is 6.07 Å². The van der Waals surface area contributed by atoms with Gasteiger partial charge in [-0.1, -0.05) is 18.1 Å². The van der Waals surface area contributed by atoms with Crippen LogP contribution < -0.4 is 9.64 Å². The van der Waals surface area contributed by atoms with Crippen molar-refractivity contribution in [1.29, 1.82) is 0 Å². The normalized spacial score (nSPS) is 21.5. The van der Waals surface area contributed by atoms with Crippen LogP contribution in [0.4, 0.5) is 10.2 Å². The number of anilines is 1. The maximum Gasteiger partial charge on any atom is 0.344 e. The van der Waals surface area contributed by atoms with Crippen molar-refractivity contribution in [2.45, 2.75) is 56.1 Å². The molecule has 0 aliphatic carbocycles. The van der Waals surface area contributed by atoms with Gasteiger partial charge < -0.3 is 25.2 Å². The zero-order valence-electron chi connectivity index (χ0n) is 25.8. The number of benzene rings is 2. The third kappa shape index (κ3) is 4.77. The highest BCUT2D eigenvalue weighted by Gasteiger charge is 2.46. The molecule has 8 rings (SSSR count). The van der Waals surface area contributed by atoms with Crippen molar-refractivity contribution in [3.05, 3.63) is 53.4 Å². The second-order valence-corrected chi connectivity index (χ2v) is 13.0. The first-order chi connectivity index (χ1) is 22.9. The number of phenols is 1. The van der Waals surface area contributed by atoms with E-state index in [2.05, 4.69) is 30.5 Å². The summed E-state index contributed by atoms with van der Waals surface area (Å²) in [5.74, 6) is 2.11. The lowest BCUT2D eigenvalue weighted by atomic mass is 9.95. The van der Waals surface area contributed by atoms with Crippen LogP contribution in [0.1, 0.15) is 44.1 Å². The van der Waals surface area contributed by atoms with Gasteiger partial charge in [0.2, 0.25) is 0 Å². The molecule has 2 unspecified atom stereocenters. The van der Waals surface area contributed by atoms with Crippen molar-refractivity contribution < 1.29 is 23.8 Å². The van der Waals surface area contributed by atoms with E-state index in [0.717, 1.165) is 57.8 Å². The number of nitrogens with zero attached hydrogens (tertiary/aromatic N) is 8. The van der Waals surface area contributed by atoms with Crippen LogP contribution >= 0.6 is 0 Å². The molecule has 0 spiro atoms. The summed E-state index contributed by atoms with van der Waals surface area (Å²) in [6.07, 6.45) is 14.2. The molecule has 4 aliphatic rings. The Kier molecular flexibility index (Phi) is 7.04. The largest absolute Gasteiger partial charge is 0.508 e. The summed E-state index contributed by atoms with van der Waals surface area (Å²) in [5.41, 5.74) is 9.88. The third-order valence-corrected chi connectivity index (χ3v) is 10.5. The van der Waals surface area contributed by atoms with Crippen molar-refractivity contribution in [2.24, 2.45) is 0 Å². The van der Waals surface area contributed by atoms with Crippen LogP contribution in [-0.4, -0.2) is 97.2 Å². The van der Waals surface area contributed by atoms with Gasteiger partial charge in [-0.2, -0.15) is 14.8 Å². The number of carbonyl (C=O) groups excluding carboxylic acids is 1. The lowest BCUT2D eigenvalue weighted by Crippen LogP contribution is -2.56. The Bertz CT molecular complexity index is 2020. The van der Waals surface area contributed by atoms with Crippen molar-refractivity contribution >= 4 is 39.6 Å². The molecule has 1 amide bonds. The number of hydrogen-bond acceptors (Lipinski definition) is 8. The minimum Gasteiger partial charge on any atom is -0.508 e. The molecule has 6 heterocycles. The Morgan fingerprint density at radius 1 is 1.19 bits per heavy atom. The lowest BCUT2D eigenvalue weighted by Gasteiger charge is -2.40. The molecule has 1 N–H and O–H groups in total. The molecule has 11 nitrogen and oxygen atoms in total. The van der Waals surface area contributed by atoms with E-state index < -0.39 is 5.82 Å². The monoisotopic (exact) mass is 632 g/mol. The van der Waals surface area contributed by atoms with Crippen LogP contribution in [0.5, 0.6) is 11.8 Å². The number of terminal acetylenes is 1. The highest BCUT2D eigenvalue weighted by Crippen LogP contribution is 2.41. The zero-order chi connectivity index (χ0) is 32.3. The van der Waals surface area contributed by atoms with Gasteiger partial charge in [0.1, 0.15) is 29.4 Å². The summed E-state index contributed by atoms with van der Waals surface area (Å²) in [6, 6.07) is 8.26. The number of carbonyl (C=O) groups is 1. The predicted molar refractivity (Wildman–Crippen MR) is 174 cm³/mol. The van der Waals surface area contributed by atoms with E-state index in [0.29, 0.717) is 52.8 Å². The van der Waals surface area contributed by atoms with Gasteiger partial charge in [0.25, 0.3) is 0 Å². The van der Waals surface area contributed by atoms with E-state index in [-0.39, 0.29) is 46.5 Å². The molecule has 4 aromatic rings. The molecule has 2 aromatic carbocycles. The summed E-state index contributed by atoms with van der Waals surface area (Å²) in [7, 11) is 0. The Labute approximate surface area is 270 Å². The van der Waals surface area contributed by atoms with Crippen LogP contribution in [0.15, 0.2) is 36.5 Å². The second kappa shape index (κ2) is 11.3. The molecule has 4 saturated heterocycles. The van der Waals surface area contributed by atoms with Crippen molar-refractivity contribution in [2.75, 3.05) is 37.7 Å². The number of phenolic OH excluding ortho intramolecular Hbond substituents is 1. The van der Waals surface area contributed by atoms with E-state index in [1.165, 1.54) is 6.07 Å². The van der Waals surface area contributed by atoms with E-state index in [1.54, 1.807) is 29.3 Å². The Morgan fingerprint density at radius 3 is 2.68 bits per heavy atom. The molecule has 4 fully saturated rings. The number of amides is 1. The molecule has 2 atom stereocenters. The first kappa shape index (κ1) is 29.3. The first-order valence-electron chi connectivity index (χ1n) is 16.1. The average molecular weight is 633 g/mol. The molecule has 2 aromatic heterocycles. The molecule has 4 aliphatic heterocycles. The van der Waals surface area contributed by atoms with Gasteiger partial charge in [0.15, 0.2) is 5.82 Å². The highest BCUT2D eigenvalue weighted by molar-refractivity contribution is 6.24. The van der Waals surface area contributed by atoms with Crippen molar-refractivity contribution in [1.82, 2.24) is 24.8 Å². The van der Waals surface area contributed by atoms with E-state index in [9.17, 15) is 9.90 Å². The Morgan fingerprint density at radius 2 is 1.96 bits per heavy atom. The number of aromatic hydroxyl groups is 1. The molecule has 238 valence electrons. The van der Waals surface area contributed by atoms with Crippen LogP contribution in [0.3, 0.4) is 0 Å². The standard InChI is InChI=1S/C35H33FN8O3/c1-2-21-6-3-7-22-14-25(45)15-26(29(21)22)31-30(36)32-27(16-38-31)33(42-18-23-8-9-24(19-42)44(23)28(46)17-39-37)41-34(40-32)47-20-35-10-4-12-43(35)13-5-11-35/h1,3,6-7,14-17,23-24,45H,4-5,8-13,18-20H2. The van der Waals surface area contributed by atoms with Crippen LogP contribution in [0.25, 0.3) is 38.5 Å². The summed E-state index contributed by atoms with van der Waals surface area (Å²) in [5, 5.41) is 12.3. The molecule has 12 heteroatoms. The van der Waals surface area contributed by atoms with Crippen LogP contribution in [-0.2, 0) is 4.79 Å². The summed E-state index contributed by atoms with van der Waals surface area (Å²) >= 11 is 0. The topological polar surface area (TPSA) is 131 Å². The SMILES string of the molecule is C#Cc1cccc2cc(O)cc(-c3ncc4c(N5CC6CCC(C5)N6C(=O)C=[N+]=[N-])nc(OCC56CCCN5CCC6)nc4c3F)c12. The van der Waals surface area contributed by atoms with Gasteiger partial charge in [-0.05, 0) is 75.2 Å². The summed E-state index contributed by atoms with van der Waals surface area (Å²) in [4.78, 5) is 36.0. The fourth-order valence-corrected chi connectivity index (χ4v) is 8.45. The maximum absolute atomic E-state index is 16.9. The highest BCUT2D eigenvalue weighted by atomic mass is 19.1. The number of aromatic nitrogens is 3. The number of piperazine rings is 1. The van der Waals surface area contributed by atoms with Gasteiger partial charge >= 0.3 is 18.1 Å². The van der Waals surface area contributed by atoms with E-state index in [4.69, 9.17) is 21.7 Å². The maximum atomic E-state index is 16.9. The average Bonchev–Trinajstić information content (AvgIpc) is 3.73. The second-order valence-electron chi connectivity index (χ2n) is 13.0. The van der Waals surface area contributed by atoms with Gasteiger partial charge in [-0.15, -0.1) is 6.42 Å². The molecule has 47 heavy (non-hydrogen) atoms. The number of fused-ring (bicyclic) bond motifs is 5. The molecule has 2 bridgehead atoms. The van der Waals surface area contributed by atoms with Crippen molar-refractivity contribution in [3.8, 4) is 35.4 Å². The smallest absolute Gasteiger partial charge is 0.344 e. The lowest BCUT2D eigenvalue weighted by molar-refractivity contribution is -0.130. The predicted octanol–water partition coefficient (Wildman–Crippen LogP) is 4.16. The quantitative estimate of drug-likeness (QED) is 0.145. The number of halogens is 1. The van der Waals surface area contributed by atoms with Crippen LogP contribution in [0, 0.1) is 18.2 Å². The number of pyridine rings is 1. The minimum absolute atomic E-state index is 0.00632. The number of hydrogen-bond donors (Lipinski definition) is 1. The first-order valence-corrected chi connectivity index (χ1v) is 16.1. The van der Waals surface area contributed by atoms with Gasteiger partial charge in [0, 0.05) is 35.8 Å². The Balaban J connectivity index is 1.25. The van der Waals surface area contributed by atoms with Crippen LogP contribution in [0.2, 0.25) is 0 Å². The zero-order valence-corrected chi connectivity index (χ0v) is 25.8. The molecular formula is C35H33FN8O3. The van der Waals surface area contributed by atoms with Crippen molar-refractivity contribution in [3.63, 3.8) is 0 Å². The number of ether oxygens (including phenoxy) is 1. The molecular weight excluding hydrogens is 599 g/mol. The van der Waals surface area contributed by atoms with Gasteiger partial charge in [0.05, 0.1) is 23.0 Å². The van der Waals surface area contributed by atoms with E-state index >= 15 is 4.39 Å². The van der Waals surface area contributed by atoms with Gasteiger partial charge in [-0.25, -0.2) is 4.39 Å². The fraction of sp³-hybridized carbons (Fsp3) is 0.400. The fourth-order valence-electron chi connectivity index (χ4n) is 8.45. The molecule has 0 saturated carbocycles.